The Labute approximate surface area is 179 Å². The largest absolute Gasteiger partial charge is 0.496 e. The zero-order valence-corrected chi connectivity index (χ0v) is 18.0. The highest BCUT2D eigenvalue weighted by molar-refractivity contribution is 9.10. The summed E-state index contributed by atoms with van der Waals surface area (Å²) < 4.78 is 12.3. The van der Waals surface area contributed by atoms with Crippen molar-refractivity contribution in [2.24, 2.45) is 0 Å². The summed E-state index contributed by atoms with van der Waals surface area (Å²) in [4.78, 5) is 14.5. The van der Waals surface area contributed by atoms with Gasteiger partial charge in [-0.05, 0) is 49.5 Å². The summed E-state index contributed by atoms with van der Waals surface area (Å²) >= 11 is 3.48. The van der Waals surface area contributed by atoms with Crippen LogP contribution in [0.5, 0.6) is 17.2 Å². The first-order valence-corrected chi connectivity index (χ1v) is 9.97. The Morgan fingerprint density at radius 3 is 2.48 bits per heavy atom. The van der Waals surface area contributed by atoms with Gasteiger partial charge in [-0.25, -0.2) is 0 Å². The van der Waals surface area contributed by atoms with E-state index in [1.54, 1.807) is 7.11 Å². The minimum Gasteiger partial charge on any atom is -0.496 e. The number of rotatable bonds is 8. The average Bonchev–Trinajstić information content (AvgIpc) is 2.70. The lowest BCUT2D eigenvalue weighted by Gasteiger charge is -2.19. The minimum atomic E-state index is -0.120. The van der Waals surface area contributed by atoms with Gasteiger partial charge in [0.2, 0.25) is 5.91 Å². The lowest BCUT2D eigenvalue weighted by Crippen LogP contribution is -2.30. The third-order valence-corrected chi connectivity index (χ3v) is 4.72. The van der Waals surface area contributed by atoms with E-state index in [1.807, 2.05) is 84.7 Å². The number of carbonyl (C=O) groups is 1. The second-order valence-electron chi connectivity index (χ2n) is 6.59. The number of halogens is 1. The number of benzene rings is 3. The molecule has 0 saturated heterocycles. The zero-order chi connectivity index (χ0) is 20.6. The van der Waals surface area contributed by atoms with Crippen LogP contribution in [-0.4, -0.2) is 31.5 Å². The zero-order valence-electron chi connectivity index (χ0n) is 16.4. The number of nitrogens with one attached hydrogen (secondary N) is 1. The van der Waals surface area contributed by atoms with Crippen LogP contribution in [0.2, 0.25) is 0 Å². The summed E-state index contributed by atoms with van der Waals surface area (Å²) in [5, 5.41) is 2.94. The molecule has 1 N–H and O–H groups in total. The number of amides is 1. The summed E-state index contributed by atoms with van der Waals surface area (Å²) in [5.74, 6) is 1.99. The topological polar surface area (TPSA) is 50.8 Å². The van der Waals surface area contributed by atoms with Gasteiger partial charge in [0.1, 0.15) is 11.5 Å². The molecule has 0 aromatic heterocycles. The number of carbonyl (C=O) groups excluding carboxylic acids is 1. The van der Waals surface area contributed by atoms with Crippen LogP contribution in [0.15, 0.2) is 77.3 Å². The Kier molecular flexibility index (Phi) is 7.27. The van der Waals surface area contributed by atoms with Crippen LogP contribution in [-0.2, 0) is 11.3 Å². The number of likely N-dealkylation sites (N-methyl/N-ethyl adjacent to an activating group) is 1. The number of para-hydroxylation sites is 3. The Morgan fingerprint density at radius 2 is 1.72 bits per heavy atom. The van der Waals surface area contributed by atoms with Crippen molar-refractivity contribution in [2.75, 3.05) is 26.0 Å². The number of hydrogen-bond acceptors (Lipinski definition) is 4. The van der Waals surface area contributed by atoms with Crippen LogP contribution in [0.4, 0.5) is 5.69 Å². The van der Waals surface area contributed by atoms with Gasteiger partial charge in [0.15, 0.2) is 5.75 Å². The molecule has 0 spiro atoms. The lowest BCUT2D eigenvalue weighted by atomic mass is 10.2. The van der Waals surface area contributed by atoms with Gasteiger partial charge < -0.3 is 14.8 Å². The standard InChI is InChI=1S/C23H23BrN2O3/c1-26(15-17-14-18(24)12-13-21(17)28-2)16-23(27)25-20-10-6-7-11-22(20)29-19-8-4-3-5-9-19/h3-14H,15-16H2,1-2H3,(H,25,27). The van der Waals surface area contributed by atoms with E-state index >= 15 is 0 Å². The van der Waals surface area contributed by atoms with Crippen LogP contribution < -0.4 is 14.8 Å². The van der Waals surface area contributed by atoms with Crippen LogP contribution in [0.3, 0.4) is 0 Å². The molecule has 3 aromatic rings. The Morgan fingerprint density at radius 1 is 1.00 bits per heavy atom. The van der Waals surface area contributed by atoms with Crippen molar-refractivity contribution < 1.29 is 14.3 Å². The van der Waals surface area contributed by atoms with Crippen molar-refractivity contribution in [3.63, 3.8) is 0 Å². The highest BCUT2D eigenvalue weighted by Gasteiger charge is 2.13. The third kappa shape index (κ3) is 6.07. The molecule has 3 rings (SSSR count). The minimum absolute atomic E-state index is 0.120. The van der Waals surface area contributed by atoms with E-state index in [-0.39, 0.29) is 12.5 Å². The summed E-state index contributed by atoms with van der Waals surface area (Å²) in [6, 6.07) is 22.7. The van der Waals surface area contributed by atoms with Crippen molar-refractivity contribution in [3.05, 3.63) is 82.8 Å². The number of nitrogens with zero attached hydrogens (tertiary/aromatic N) is 1. The summed E-state index contributed by atoms with van der Waals surface area (Å²) in [7, 11) is 3.54. The maximum absolute atomic E-state index is 12.6. The molecule has 150 valence electrons. The fraction of sp³-hybridized carbons (Fsp3) is 0.174. The van der Waals surface area contributed by atoms with Crippen LogP contribution in [0.25, 0.3) is 0 Å². The van der Waals surface area contributed by atoms with Gasteiger partial charge in [0.25, 0.3) is 0 Å². The fourth-order valence-electron chi connectivity index (χ4n) is 2.93. The molecule has 5 nitrogen and oxygen atoms in total. The van der Waals surface area contributed by atoms with E-state index in [4.69, 9.17) is 9.47 Å². The second-order valence-corrected chi connectivity index (χ2v) is 7.50. The first kappa shape index (κ1) is 20.9. The maximum atomic E-state index is 12.6. The van der Waals surface area contributed by atoms with Gasteiger partial charge in [0.05, 0.1) is 19.3 Å². The van der Waals surface area contributed by atoms with Crippen molar-refractivity contribution in [2.45, 2.75) is 6.54 Å². The van der Waals surface area contributed by atoms with Crippen molar-refractivity contribution in [3.8, 4) is 17.2 Å². The Balaban J connectivity index is 1.63. The molecule has 3 aromatic carbocycles. The Bertz CT molecular complexity index is 963. The highest BCUT2D eigenvalue weighted by atomic mass is 79.9. The van der Waals surface area contributed by atoms with Crippen LogP contribution >= 0.6 is 15.9 Å². The molecule has 6 heteroatoms. The van der Waals surface area contributed by atoms with Gasteiger partial charge in [-0.15, -0.1) is 0 Å². The summed E-state index contributed by atoms with van der Waals surface area (Å²) in [5.41, 5.74) is 1.64. The summed E-state index contributed by atoms with van der Waals surface area (Å²) in [6.45, 7) is 0.813. The van der Waals surface area contributed by atoms with Crippen LogP contribution in [0.1, 0.15) is 5.56 Å². The quantitative estimate of drug-likeness (QED) is 0.500. The van der Waals surface area contributed by atoms with Gasteiger partial charge in [-0.2, -0.15) is 0 Å². The number of ether oxygens (including phenoxy) is 2. The number of anilines is 1. The van der Waals surface area contributed by atoms with E-state index in [9.17, 15) is 4.79 Å². The number of methoxy groups -OCH3 is 1. The maximum Gasteiger partial charge on any atom is 0.238 e. The third-order valence-electron chi connectivity index (χ3n) is 4.23. The van der Waals surface area contributed by atoms with Crippen molar-refractivity contribution in [1.82, 2.24) is 4.90 Å². The monoisotopic (exact) mass is 454 g/mol. The SMILES string of the molecule is COc1ccc(Br)cc1CN(C)CC(=O)Nc1ccccc1Oc1ccccc1. The molecule has 0 aliphatic rings. The first-order valence-electron chi connectivity index (χ1n) is 9.18. The normalized spacial score (nSPS) is 10.6. The molecule has 0 heterocycles. The fourth-order valence-corrected chi connectivity index (χ4v) is 3.34. The van der Waals surface area contributed by atoms with Crippen LogP contribution in [0, 0.1) is 0 Å². The molecule has 0 fully saturated rings. The molecule has 0 aliphatic heterocycles. The van der Waals surface area contributed by atoms with Gasteiger partial charge in [-0.1, -0.05) is 46.3 Å². The van der Waals surface area contributed by atoms with E-state index in [2.05, 4.69) is 21.2 Å². The highest BCUT2D eigenvalue weighted by Crippen LogP contribution is 2.29. The Hall–Kier alpha value is -2.83. The molecule has 0 saturated carbocycles. The number of hydrogen-bond donors (Lipinski definition) is 1. The van der Waals surface area contributed by atoms with E-state index in [0.717, 1.165) is 15.8 Å². The predicted octanol–water partition coefficient (Wildman–Crippen LogP) is 5.32. The average molecular weight is 455 g/mol. The van der Waals surface area contributed by atoms with Gasteiger partial charge in [-0.3, -0.25) is 9.69 Å². The molecule has 0 radical (unpaired) electrons. The van der Waals surface area contributed by atoms with Gasteiger partial charge >= 0.3 is 0 Å². The predicted molar refractivity (Wildman–Crippen MR) is 119 cm³/mol. The van der Waals surface area contributed by atoms with E-state index < -0.39 is 0 Å². The lowest BCUT2D eigenvalue weighted by molar-refractivity contribution is -0.117. The molecule has 0 atom stereocenters. The summed E-state index contributed by atoms with van der Waals surface area (Å²) in [6.07, 6.45) is 0. The molecular formula is C23H23BrN2O3. The first-order chi connectivity index (χ1) is 14.0. The van der Waals surface area contributed by atoms with Crippen molar-refractivity contribution in [1.29, 1.82) is 0 Å². The van der Waals surface area contributed by atoms with E-state index in [0.29, 0.717) is 23.7 Å². The van der Waals surface area contributed by atoms with E-state index in [1.165, 1.54) is 0 Å². The van der Waals surface area contributed by atoms with Crippen molar-refractivity contribution >= 4 is 27.5 Å². The van der Waals surface area contributed by atoms with Gasteiger partial charge in [0, 0.05) is 16.6 Å². The second kappa shape index (κ2) is 10.1. The molecule has 29 heavy (non-hydrogen) atoms. The molecule has 0 bridgehead atoms. The molecule has 0 aliphatic carbocycles. The smallest absolute Gasteiger partial charge is 0.238 e. The molecular weight excluding hydrogens is 432 g/mol. The molecule has 1 amide bonds. The molecule has 0 unspecified atom stereocenters.